The number of benzene rings is 2. The summed E-state index contributed by atoms with van der Waals surface area (Å²) < 4.78 is 0.304. The maximum atomic E-state index is 12.4. The number of carbonyl (C=O) groups excluding carboxylic acids is 2. The minimum atomic E-state index is -1.40. The number of ketones is 1. The van der Waals surface area contributed by atoms with E-state index in [1.807, 2.05) is 0 Å². The van der Waals surface area contributed by atoms with E-state index in [0.717, 1.165) is 0 Å². The summed E-state index contributed by atoms with van der Waals surface area (Å²) in [7, 11) is 0. The summed E-state index contributed by atoms with van der Waals surface area (Å²) in [6.45, 7) is 0. The Morgan fingerprint density at radius 1 is 1.14 bits per heavy atom. The van der Waals surface area contributed by atoms with E-state index in [1.54, 1.807) is 30.3 Å². The lowest BCUT2D eigenvalue weighted by molar-refractivity contribution is 0.0744. The summed E-state index contributed by atoms with van der Waals surface area (Å²) in [6.07, 6.45) is -1.40. The van der Waals surface area contributed by atoms with Gasteiger partial charge in [-0.3, -0.25) is 9.59 Å². The number of hydrogen-bond acceptors (Lipinski definition) is 3. The molecule has 0 amide bonds. The van der Waals surface area contributed by atoms with Gasteiger partial charge in [-0.2, -0.15) is 0 Å². The highest BCUT2D eigenvalue weighted by molar-refractivity contribution is 9.10. The van der Waals surface area contributed by atoms with Gasteiger partial charge < -0.3 is 5.11 Å². The van der Waals surface area contributed by atoms with Gasteiger partial charge in [-0.15, -0.1) is 0 Å². The van der Waals surface area contributed by atoms with Gasteiger partial charge in [-0.25, -0.2) is 0 Å². The van der Waals surface area contributed by atoms with Crippen LogP contribution in [0.5, 0.6) is 0 Å². The molecule has 108 valence electrons. The molecule has 0 aliphatic carbocycles. The number of rotatable bonds is 4. The minimum absolute atomic E-state index is 0.0129. The fourth-order valence-corrected chi connectivity index (χ4v) is 3.21. The van der Waals surface area contributed by atoms with E-state index in [4.69, 9.17) is 23.2 Å². The maximum absolute atomic E-state index is 12.4. The molecule has 3 nitrogen and oxygen atoms in total. The number of aliphatic hydroxyl groups excluding tert-OH is 1. The molecule has 2 aromatic carbocycles. The van der Waals surface area contributed by atoms with Crippen LogP contribution in [-0.4, -0.2) is 16.1 Å². The fourth-order valence-electron chi connectivity index (χ4n) is 1.90. The molecule has 1 unspecified atom stereocenters. The molecular formula is C15H9BrCl2O3. The molecule has 0 heterocycles. The lowest BCUT2D eigenvalue weighted by Gasteiger charge is -2.13. The van der Waals surface area contributed by atoms with E-state index >= 15 is 0 Å². The average Bonchev–Trinajstić information content (AvgIpc) is 2.45. The summed E-state index contributed by atoms with van der Waals surface area (Å²) in [5, 5.41) is 9.62. The van der Waals surface area contributed by atoms with Crippen molar-refractivity contribution in [3.63, 3.8) is 0 Å². The van der Waals surface area contributed by atoms with Crippen molar-refractivity contribution in [2.45, 2.75) is 6.10 Å². The van der Waals surface area contributed by atoms with Crippen LogP contribution in [0.1, 0.15) is 32.4 Å². The molecule has 0 fully saturated rings. The predicted octanol–water partition coefficient (Wildman–Crippen LogP) is 4.40. The Morgan fingerprint density at radius 3 is 2.33 bits per heavy atom. The first-order valence-corrected chi connectivity index (χ1v) is 7.43. The second kappa shape index (κ2) is 6.71. The van der Waals surface area contributed by atoms with Crippen LogP contribution >= 0.6 is 39.1 Å². The Bertz CT molecular complexity index is 702. The van der Waals surface area contributed by atoms with Gasteiger partial charge in [-0.1, -0.05) is 41.9 Å². The summed E-state index contributed by atoms with van der Waals surface area (Å²) >= 11 is 14.6. The SMILES string of the molecule is O=C(Cl)c1c(Br)cc(Cl)cc1C(=O)C(O)c1ccccc1. The Morgan fingerprint density at radius 2 is 1.76 bits per heavy atom. The number of hydrogen-bond donors (Lipinski definition) is 1. The minimum Gasteiger partial charge on any atom is -0.380 e. The van der Waals surface area contributed by atoms with Crippen LogP contribution in [0.3, 0.4) is 0 Å². The molecule has 0 radical (unpaired) electrons. The van der Waals surface area contributed by atoms with Gasteiger partial charge in [0.05, 0.1) is 5.56 Å². The predicted molar refractivity (Wildman–Crippen MR) is 85.1 cm³/mol. The highest BCUT2D eigenvalue weighted by Crippen LogP contribution is 2.30. The molecule has 0 aromatic heterocycles. The van der Waals surface area contributed by atoms with Crippen molar-refractivity contribution in [3.8, 4) is 0 Å². The standard InChI is InChI=1S/C15H9BrCl2O3/c16-11-7-9(17)6-10(12(11)15(18)21)14(20)13(19)8-4-2-1-3-5-8/h1-7,13,19H. The Kier molecular flexibility index (Phi) is 5.17. The molecule has 0 aliphatic heterocycles. The Balaban J connectivity index is 2.51. The van der Waals surface area contributed by atoms with Gasteiger partial charge in [0.25, 0.3) is 5.24 Å². The lowest BCUT2D eigenvalue weighted by Crippen LogP contribution is -2.15. The van der Waals surface area contributed by atoms with E-state index in [2.05, 4.69) is 15.9 Å². The van der Waals surface area contributed by atoms with Crippen LogP contribution < -0.4 is 0 Å². The highest BCUT2D eigenvalue weighted by atomic mass is 79.9. The van der Waals surface area contributed by atoms with Crippen molar-refractivity contribution in [3.05, 3.63) is 68.7 Å². The van der Waals surface area contributed by atoms with E-state index in [-0.39, 0.29) is 16.1 Å². The van der Waals surface area contributed by atoms with Gasteiger partial charge in [0.15, 0.2) is 5.78 Å². The normalized spacial score (nSPS) is 12.0. The smallest absolute Gasteiger partial charge is 0.254 e. The Hall–Kier alpha value is -1.20. The molecule has 2 aromatic rings. The second-order valence-electron chi connectivity index (χ2n) is 4.26. The third-order valence-corrected chi connectivity index (χ3v) is 3.91. The number of Topliss-reactive ketones (excluding diaryl/α,β-unsaturated/α-hetero) is 1. The van der Waals surface area contributed by atoms with Crippen LogP contribution in [-0.2, 0) is 0 Å². The monoisotopic (exact) mass is 386 g/mol. The first kappa shape index (κ1) is 16.2. The summed E-state index contributed by atoms with van der Waals surface area (Å²) in [5.74, 6) is -0.645. The number of aliphatic hydroxyl groups is 1. The van der Waals surface area contributed by atoms with Gasteiger partial charge >= 0.3 is 0 Å². The quantitative estimate of drug-likeness (QED) is 0.624. The van der Waals surface area contributed by atoms with E-state index in [0.29, 0.717) is 10.0 Å². The van der Waals surface area contributed by atoms with Crippen LogP contribution in [0, 0.1) is 0 Å². The highest BCUT2D eigenvalue weighted by Gasteiger charge is 2.26. The lowest BCUT2D eigenvalue weighted by atomic mass is 9.96. The van der Waals surface area contributed by atoms with Gasteiger partial charge in [0.1, 0.15) is 6.10 Å². The van der Waals surface area contributed by atoms with Crippen molar-refractivity contribution >= 4 is 50.2 Å². The third-order valence-electron chi connectivity index (χ3n) is 2.88. The summed E-state index contributed by atoms with van der Waals surface area (Å²) in [5.41, 5.74) is 0.387. The molecule has 6 heteroatoms. The van der Waals surface area contributed by atoms with Crippen molar-refractivity contribution in [1.29, 1.82) is 0 Å². The van der Waals surface area contributed by atoms with E-state index in [9.17, 15) is 14.7 Å². The van der Waals surface area contributed by atoms with Crippen LogP contribution in [0.25, 0.3) is 0 Å². The summed E-state index contributed by atoms with van der Waals surface area (Å²) in [4.78, 5) is 24.0. The Labute approximate surface area is 139 Å². The van der Waals surface area contributed by atoms with Gasteiger partial charge in [0.2, 0.25) is 0 Å². The van der Waals surface area contributed by atoms with Gasteiger partial charge in [0, 0.05) is 15.1 Å². The van der Waals surface area contributed by atoms with Crippen molar-refractivity contribution in [1.82, 2.24) is 0 Å². The molecule has 0 saturated carbocycles. The maximum Gasteiger partial charge on any atom is 0.254 e. The zero-order valence-electron chi connectivity index (χ0n) is 10.5. The third kappa shape index (κ3) is 3.52. The fraction of sp³-hybridized carbons (Fsp3) is 0.0667. The molecule has 21 heavy (non-hydrogen) atoms. The second-order valence-corrected chi connectivity index (χ2v) is 5.90. The zero-order chi connectivity index (χ0) is 15.6. The molecule has 0 bridgehead atoms. The first-order valence-electron chi connectivity index (χ1n) is 5.88. The molecule has 0 aliphatic rings. The number of halogens is 3. The molecule has 1 atom stereocenters. The van der Waals surface area contributed by atoms with Crippen LogP contribution in [0.2, 0.25) is 5.02 Å². The van der Waals surface area contributed by atoms with Crippen molar-refractivity contribution in [2.75, 3.05) is 0 Å². The zero-order valence-corrected chi connectivity index (χ0v) is 13.6. The first-order chi connectivity index (χ1) is 9.91. The largest absolute Gasteiger partial charge is 0.380 e. The molecule has 0 spiro atoms. The van der Waals surface area contributed by atoms with Crippen molar-refractivity contribution in [2.24, 2.45) is 0 Å². The van der Waals surface area contributed by atoms with Crippen LogP contribution in [0.15, 0.2) is 46.9 Å². The van der Waals surface area contributed by atoms with Crippen LogP contribution in [0.4, 0.5) is 0 Å². The average molecular weight is 388 g/mol. The molecule has 2 rings (SSSR count). The number of carbonyl (C=O) groups is 2. The topological polar surface area (TPSA) is 54.4 Å². The molecule has 1 N–H and O–H groups in total. The van der Waals surface area contributed by atoms with Gasteiger partial charge in [-0.05, 0) is 45.2 Å². The van der Waals surface area contributed by atoms with E-state index < -0.39 is 17.1 Å². The molecule has 0 saturated heterocycles. The molecular weight excluding hydrogens is 379 g/mol. The summed E-state index contributed by atoms with van der Waals surface area (Å²) in [6, 6.07) is 11.2. The van der Waals surface area contributed by atoms with E-state index in [1.165, 1.54) is 12.1 Å². The van der Waals surface area contributed by atoms with Crippen molar-refractivity contribution < 1.29 is 14.7 Å².